The van der Waals surface area contributed by atoms with Crippen LogP contribution in [0.1, 0.15) is 19.8 Å². The topological polar surface area (TPSA) is 58.7 Å². The number of β-amino-alcohol motifs (C(OH)–C–C–N with tert-alkyl or cyclic N) is 1. The number of hydrogen-bond acceptors (Lipinski definition) is 4. The van der Waals surface area contributed by atoms with E-state index in [-0.39, 0.29) is 12.6 Å². The van der Waals surface area contributed by atoms with Gasteiger partial charge in [-0.1, -0.05) is 23.2 Å². The molecule has 1 saturated heterocycles. The summed E-state index contributed by atoms with van der Waals surface area (Å²) in [5.74, 6) is 0.747. The van der Waals surface area contributed by atoms with Crippen LogP contribution in [0.2, 0.25) is 10.0 Å². The van der Waals surface area contributed by atoms with E-state index in [1.54, 1.807) is 19.1 Å². The predicted octanol–water partition coefficient (Wildman–Crippen LogP) is 2.55. The highest BCUT2D eigenvalue weighted by Crippen LogP contribution is 2.28. The molecule has 1 aromatic rings. The van der Waals surface area contributed by atoms with Gasteiger partial charge in [0.15, 0.2) is 0 Å². The van der Waals surface area contributed by atoms with Crippen LogP contribution < -0.4 is 10.5 Å². The maximum Gasteiger partial charge on any atom is 0.121 e. The fraction of sp³-hybridized carbons (Fsp3) is 0.600. The average Bonchev–Trinajstić information content (AvgIpc) is 2.45. The molecular formula is C15H22Cl2N2O2. The van der Waals surface area contributed by atoms with Crippen molar-refractivity contribution in [2.75, 3.05) is 26.2 Å². The third-order valence-corrected chi connectivity index (χ3v) is 4.47. The van der Waals surface area contributed by atoms with Gasteiger partial charge in [0.25, 0.3) is 0 Å². The molecule has 2 rings (SSSR count). The summed E-state index contributed by atoms with van der Waals surface area (Å²) in [4.78, 5) is 2.22. The van der Waals surface area contributed by atoms with E-state index in [1.165, 1.54) is 0 Å². The summed E-state index contributed by atoms with van der Waals surface area (Å²) in [6, 6.07) is 5.32. The zero-order valence-electron chi connectivity index (χ0n) is 12.2. The molecule has 1 aliphatic heterocycles. The normalized spacial score (nSPS) is 20.2. The maximum atomic E-state index is 10.0. The van der Waals surface area contributed by atoms with Gasteiger partial charge in [0, 0.05) is 32.2 Å². The van der Waals surface area contributed by atoms with Crippen molar-refractivity contribution >= 4 is 23.2 Å². The van der Waals surface area contributed by atoms with Gasteiger partial charge in [-0.15, -0.1) is 0 Å². The Morgan fingerprint density at radius 1 is 1.33 bits per heavy atom. The molecule has 4 nitrogen and oxygen atoms in total. The zero-order valence-corrected chi connectivity index (χ0v) is 13.7. The molecule has 0 aliphatic carbocycles. The Bertz CT molecular complexity index is 475. The summed E-state index contributed by atoms with van der Waals surface area (Å²) in [5, 5.41) is 11.0. The van der Waals surface area contributed by atoms with Crippen LogP contribution in [-0.4, -0.2) is 47.9 Å². The van der Waals surface area contributed by atoms with E-state index < -0.39 is 5.60 Å². The molecule has 0 spiro atoms. The molecule has 0 amide bonds. The van der Waals surface area contributed by atoms with E-state index in [1.807, 2.05) is 6.07 Å². The lowest BCUT2D eigenvalue weighted by molar-refractivity contribution is 0.00744. The van der Waals surface area contributed by atoms with E-state index >= 15 is 0 Å². The molecule has 21 heavy (non-hydrogen) atoms. The third-order valence-electron chi connectivity index (χ3n) is 3.73. The molecule has 0 bridgehead atoms. The molecule has 1 atom stereocenters. The van der Waals surface area contributed by atoms with Gasteiger partial charge in [-0.05, 0) is 31.9 Å². The van der Waals surface area contributed by atoms with E-state index in [9.17, 15) is 5.11 Å². The minimum Gasteiger partial charge on any atom is -0.490 e. The van der Waals surface area contributed by atoms with Crippen LogP contribution in [0.4, 0.5) is 0 Å². The van der Waals surface area contributed by atoms with Crippen LogP contribution in [0.3, 0.4) is 0 Å². The number of ether oxygens (including phenoxy) is 1. The van der Waals surface area contributed by atoms with E-state index in [2.05, 4.69) is 4.90 Å². The van der Waals surface area contributed by atoms with Gasteiger partial charge in [0.05, 0.1) is 15.6 Å². The Hall–Kier alpha value is -0.520. The molecule has 1 fully saturated rings. The number of rotatable bonds is 5. The molecule has 1 heterocycles. The Morgan fingerprint density at radius 2 is 2.00 bits per heavy atom. The van der Waals surface area contributed by atoms with Crippen LogP contribution in [0, 0.1) is 0 Å². The summed E-state index contributed by atoms with van der Waals surface area (Å²) in [6.45, 7) is 4.42. The summed E-state index contributed by atoms with van der Waals surface area (Å²) >= 11 is 11.9. The van der Waals surface area contributed by atoms with Gasteiger partial charge in [-0.25, -0.2) is 0 Å². The van der Waals surface area contributed by atoms with Gasteiger partial charge < -0.3 is 20.5 Å². The molecule has 0 unspecified atom stereocenters. The fourth-order valence-corrected chi connectivity index (χ4v) is 2.76. The van der Waals surface area contributed by atoms with E-state index in [4.69, 9.17) is 33.7 Å². The Morgan fingerprint density at radius 3 is 2.57 bits per heavy atom. The molecule has 1 aliphatic rings. The van der Waals surface area contributed by atoms with Crippen molar-refractivity contribution in [2.24, 2.45) is 5.73 Å². The molecule has 3 N–H and O–H groups in total. The van der Waals surface area contributed by atoms with Crippen molar-refractivity contribution < 1.29 is 9.84 Å². The standard InChI is InChI=1S/C15H22Cl2N2O2/c1-15(20,9-18)10-19-6-4-11(5-7-19)21-12-2-3-13(16)14(17)8-12/h2-3,8,11,20H,4-7,9-10,18H2,1H3/t15-/m0/s1. The first-order chi connectivity index (χ1) is 9.89. The molecule has 0 saturated carbocycles. The SMILES string of the molecule is C[C@](O)(CN)CN1CCC(Oc2ccc(Cl)c(Cl)c2)CC1. The van der Waals surface area contributed by atoms with Crippen molar-refractivity contribution in [3.05, 3.63) is 28.2 Å². The monoisotopic (exact) mass is 332 g/mol. The first kappa shape index (κ1) is 16.8. The number of halogens is 2. The van der Waals surface area contributed by atoms with Crippen LogP contribution in [0.15, 0.2) is 18.2 Å². The highest BCUT2D eigenvalue weighted by atomic mass is 35.5. The van der Waals surface area contributed by atoms with Crippen LogP contribution in [0.25, 0.3) is 0 Å². The molecule has 0 aromatic heterocycles. The van der Waals surface area contributed by atoms with Gasteiger partial charge in [0.2, 0.25) is 0 Å². The van der Waals surface area contributed by atoms with Crippen LogP contribution in [0.5, 0.6) is 5.75 Å². The first-order valence-corrected chi connectivity index (χ1v) is 7.92. The quantitative estimate of drug-likeness (QED) is 0.869. The molecule has 1 aromatic carbocycles. The Kier molecular flexibility index (Phi) is 5.74. The predicted molar refractivity (Wildman–Crippen MR) is 86.2 cm³/mol. The van der Waals surface area contributed by atoms with Crippen LogP contribution in [-0.2, 0) is 0 Å². The summed E-state index contributed by atoms with van der Waals surface area (Å²) in [6.07, 6.45) is 2.00. The number of likely N-dealkylation sites (tertiary alicyclic amines) is 1. The fourth-order valence-electron chi connectivity index (χ4n) is 2.47. The number of piperidine rings is 1. The average molecular weight is 333 g/mol. The Labute approximate surface area is 135 Å². The molecule has 0 radical (unpaired) electrons. The second kappa shape index (κ2) is 7.16. The van der Waals surface area contributed by atoms with Crippen molar-refractivity contribution in [1.82, 2.24) is 4.90 Å². The van der Waals surface area contributed by atoms with E-state index in [0.717, 1.165) is 31.7 Å². The van der Waals surface area contributed by atoms with Gasteiger partial charge in [0.1, 0.15) is 11.9 Å². The number of hydrogen-bond donors (Lipinski definition) is 2. The van der Waals surface area contributed by atoms with Crippen molar-refractivity contribution in [2.45, 2.75) is 31.5 Å². The van der Waals surface area contributed by atoms with Crippen LogP contribution >= 0.6 is 23.2 Å². The highest BCUT2D eigenvalue weighted by Gasteiger charge is 2.26. The molecule has 118 valence electrons. The largest absolute Gasteiger partial charge is 0.490 e. The third kappa shape index (κ3) is 5.01. The number of benzene rings is 1. The van der Waals surface area contributed by atoms with Gasteiger partial charge in [-0.3, -0.25) is 0 Å². The number of nitrogens with zero attached hydrogens (tertiary/aromatic N) is 1. The summed E-state index contributed by atoms with van der Waals surface area (Å²) < 4.78 is 5.94. The zero-order chi connectivity index (χ0) is 15.5. The lowest BCUT2D eigenvalue weighted by Crippen LogP contribution is -2.49. The summed E-state index contributed by atoms with van der Waals surface area (Å²) in [5.41, 5.74) is 4.73. The lowest BCUT2D eigenvalue weighted by Gasteiger charge is -2.36. The Balaban J connectivity index is 1.82. The first-order valence-electron chi connectivity index (χ1n) is 7.16. The van der Waals surface area contributed by atoms with Crippen molar-refractivity contribution in [1.29, 1.82) is 0 Å². The van der Waals surface area contributed by atoms with Gasteiger partial charge >= 0.3 is 0 Å². The van der Waals surface area contributed by atoms with Crippen molar-refractivity contribution in [3.63, 3.8) is 0 Å². The number of aliphatic hydroxyl groups is 1. The van der Waals surface area contributed by atoms with E-state index in [0.29, 0.717) is 16.6 Å². The minimum atomic E-state index is -0.822. The van der Waals surface area contributed by atoms with Gasteiger partial charge in [-0.2, -0.15) is 0 Å². The molecule has 6 heteroatoms. The lowest BCUT2D eigenvalue weighted by atomic mass is 10.0. The summed E-state index contributed by atoms with van der Waals surface area (Å²) in [7, 11) is 0. The highest BCUT2D eigenvalue weighted by molar-refractivity contribution is 6.42. The maximum absolute atomic E-state index is 10.0. The minimum absolute atomic E-state index is 0.168. The second-order valence-corrected chi connectivity index (χ2v) is 6.68. The molecular weight excluding hydrogens is 311 g/mol. The second-order valence-electron chi connectivity index (χ2n) is 5.87. The number of nitrogens with two attached hydrogens (primary N) is 1. The smallest absolute Gasteiger partial charge is 0.121 e. The van der Waals surface area contributed by atoms with Crippen molar-refractivity contribution in [3.8, 4) is 5.75 Å².